The van der Waals surface area contributed by atoms with Crippen molar-refractivity contribution in [1.29, 1.82) is 0 Å². The Morgan fingerprint density at radius 3 is 2.54 bits per heavy atom. The number of hydrogen-bond acceptors (Lipinski definition) is 3. The molecule has 0 bridgehead atoms. The molecule has 1 rings (SSSR count). The van der Waals surface area contributed by atoms with Gasteiger partial charge in [-0.15, -0.1) is 0 Å². The Labute approximate surface area is 77.9 Å². The smallest absolute Gasteiger partial charge is 0.164 e. The molecule has 1 N–H and O–H groups in total. The first kappa shape index (κ1) is 9.71. The van der Waals surface area contributed by atoms with Gasteiger partial charge in [-0.05, 0) is 26.0 Å². The van der Waals surface area contributed by atoms with Gasteiger partial charge in [-0.3, -0.25) is 0 Å². The van der Waals surface area contributed by atoms with Gasteiger partial charge in [-0.25, -0.2) is 0 Å². The number of rotatable bonds is 3. The molecule has 0 saturated heterocycles. The van der Waals surface area contributed by atoms with Gasteiger partial charge in [-0.2, -0.15) is 0 Å². The van der Waals surface area contributed by atoms with Crippen molar-refractivity contribution in [1.82, 2.24) is 0 Å². The minimum absolute atomic E-state index is 0.120. The number of methoxy groups -OCH3 is 1. The molecule has 0 saturated carbocycles. The molecular weight excluding hydrogens is 168 g/mol. The third-order valence-corrected chi connectivity index (χ3v) is 1.52. The molecule has 0 unspecified atom stereocenters. The van der Waals surface area contributed by atoms with E-state index < -0.39 is 0 Å². The molecular formula is C10H14O3. The summed E-state index contributed by atoms with van der Waals surface area (Å²) in [5.41, 5.74) is 0. The number of phenolic OH excluding ortho intramolecular Hbond substituents is 1. The van der Waals surface area contributed by atoms with E-state index in [-0.39, 0.29) is 11.9 Å². The van der Waals surface area contributed by atoms with Crippen LogP contribution in [0.5, 0.6) is 17.2 Å². The standard InChI is InChI=1S/C10H14O3/c1-7(2)13-8-4-5-9(11)10(6-8)12-3/h4-7,11H,1-3H3. The van der Waals surface area contributed by atoms with E-state index in [0.717, 1.165) is 0 Å². The molecule has 0 aliphatic carbocycles. The second-order valence-electron chi connectivity index (χ2n) is 3.00. The highest BCUT2D eigenvalue weighted by Crippen LogP contribution is 2.30. The number of aromatic hydroxyl groups is 1. The molecule has 0 aromatic heterocycles. The van der Waals surface area contributed by atoms with Crippen molar-refractivity contribution in [3.05, 3.63) is 18.2 Å². The highest BCUT2D eigenvalue weighted by Gasteiger charge is 2.04. The molecule has 0 aliphatic heterocycles. The van der Waals surface area contributed by atoms with Gasteiger partial charge < -0.3 is 14.6 Å². The van der Waals surface area contributed by atoms with E-state index in [2.05, 4.69) is 0 Å². The Kier molecular flexibility index (Phi) is 3.01. The Morgan fingerprint density at radius 1 is 1.31 bits per heavy atom. The maximum Gasteiger partial charge on any atom is 0.164 e. The molecule has 3 heteroatoms. The van der Waals surface area contributed by atoms with Crippen molar-refractivity contribution < 1.29 is 14.6 Å². The lowest BCUT2D eigenvalue weighted by Crippen LogP contribution is -2.05. The molecule has 0 radical (unpaired) electrons. The predicted octanol–water partition coefficient (Wildman–Crippen LogP) is 2.19. The van der Waals surface area contributed by atoms with E-state index in [1.807, 2.05) is 13.8 Å². The number of hydrogen-bond donors (Lipinski definition) is 1. The van der Waals surface area contributed by atoms with Crippen molar-refractivity contribution in [2.75, 3.05) is 7.11 Å². The quantitative estimate of drug-likeness (QED) is 0.778. The summed E-state index contributed by atoms with van der Waals surface area (Å²) < 4.78 is 10.4. The highest BCUT2D eigenvalue weighted by molar-refractivity contribution is 5.44. The molecule has 0 fully saturated rings. The summed E-state index contributed by atoms with van der Waals surface area (Å²) >= 11 is 0. The minimum atomic E-state index is 0.120. The second-order valence-corrected chi connectivity index (χ2v) is 3.00. The normalized spacial score (nSPS) is 10.2. The summed E-state index contributed by atoms with van der Waals surface area (Å²) in [7, 11) is 1.51. The van der Waals surface area contributed by atoms with E-state index in [9.17, 15) is 5.11 Å². The van der Waals surface area contributed by atoms with Crippen LogP contribution in [0.1, 0.15) is 13.8 Å². The van der Waals surface area contributed by atoms with Gasteiger partial charge in [0.25, 0.3) is 0 Å². The summed E-state index contributed by atoms with van der Waals surface area (Å²) in [6, 6.07) is 4.92. The van der Waals surface area contributed by atoms with Gasteiger partial charge in [-0.1, -0.05) is 0 Å². The van der Waals surface area contributed by atoms with Crippen LogP contribution in [0.2, 0.25) is 0 Å². The van der Waals surface area contributed by atoms with Crippen molar-refractivity contribution >= 4 is 0 Å². The molecule has 0 heterocycles. The SMILES string of the molecule is COc1cc(OC(C)C)ccc1O. The lowest BCUT2D eigenvalue weighted by molar-refractivity contribution is 0.240. The fourth-order valence-electron chi connectivity index (χ4n) is 1.00. The topological polar surface area (TPSA) is 38.7 Å². The van der Waals surface area contributed by atoms with Gasteiger partial charge in [0.05, 0.1) is 13.2 Å². The van der Waals surface area contributed by atoms with Gasteiger partial charge in [0.15, 0.2) is 11.5 Å². The molecule has 13 heavy (non-hydrogen) atoms. The maximum atomic E-state index is 9.29. The van der Waals surface area contributed by atoms with E-state index >= 15 is 0 Å². The fourth-order valence-corrected chi connectivity index (χ4v) is 1.00. The van der Waals surface area contributed by atoms with E-state index in [1.165, 1.54) is 7.11 Å². The molecule has 0 atom stereocenters. The molecule has 3 nitrogen and oxygen atoms in total. The lowest BCUT2D eigenvalue weighted by atomic mass is 10.3. The lowest BCUT2D eigenvalue weighted by Gasteiger charge is -2.11. The van der Waals surface area contributed by atoms with Crippen LogP contribution in [0, 0.1) is 0 Å². The first-order valence-electron chi connectivity index (χ1n) is 4.17. The van der Waals surface area contributed by atoms with E-state index in [4.69, 9.17) is 9.47 Å². The van der Waals surface area contributed by atoms with Crippen molar-refractivity contribution in [3.8, 4) is 17.2 Å². The van der Waals surface area contributed by atoms with Crippen LogP contribution in [0.3, 0.4) is 0 Å². The Balaban J connectivity index is 2.86. The summed E-state index contributed by atoms with van der Waals surface area (Å²) in [4.78, 5) is 0. The van der Waals surface area contributed by atoms with Crippen LogP contribution in [-0.4, -0.2) is 18.3 Å². The zero-order valence-electron chi connectivity index (χ0n) is 8.07. The second kappa shape index (κ2) is 4.03. The van der Waals surface area contributed by atoms with E-state index in [1.54, 1.807) is 18.2 Å². The zero-order chi connectivity index (χ0) is 9.84. The third-order valence-electron chi connectivity index (χ3n) is 1.52. The summed E-state index contributed by atoms with van der Waals surface area (Å²) in [6.07, 6.45) is 0.120. The molecule has 1 aromatic carbocycles. The Bertz CT molecular complexity index is 281. The van der Waals surface area contributed by atoms with Crippen LogP contribution in [-0.2, 0) is 0 Å². The van der Waals surface area contributed by atoms with Crippen LogP contribution in [0.15, 0.2) is 18.2 Å². The first-order chi connectivity index (χ1) is 6.13. The maximum absolute atomic E-state index is 9.29. The molecule has 72 valence electrons. The van der Waals surface area contributed by atoms with Crippen LogP contribution >= 0.6 is 0 Å². The average molecular weight is 182 g/mol. The van der Waals surface area contributed by atoms with Crippen molar-refractivity contribution in [2.24, 2.45) is 0 Å². The van der Waals surface area contributed by atoms with Gasteiger partial charge in [0.2, 0.25) is 0 Å². The Hall–Kier alpha value is -1.38. The molecule has 1 aromatic rings. The Morgan fingerprint density at radius 2 is 2.00 bits per heavy atom. The van der Waals surface area contributed by atoms with Crippen molar-refractivity contribution in [3.63, 3.8) is 0 Å². The zero-order valence-corrected chi connectivity index (χ0v) is 8.07. The van der Waals surface area contributed by atoms with E-state index in [0.29, 0.717) is 11.5 Å². The average Bonchev–Trinajstić information content (AvgIpc) is 2.07. The summed E-state index contributed by atoms with van der Waals surface area (Å²) in [5.74, 6) is 1.25. The van der Waals surface area contributed by atoms with Crippen molar-refractivity contribution in [2.45, 2.75) is 20.0 Å². The number of ether oxygens (including phenoxy) is 2. The van der Waals surface area contributed by atoms with Crippen LogP contribution in [0.4, 0.5) is 0 Å². The summed E-state index contributed by atoms with van der Waals surface area (Å²) in [6.45, 7) is 3.89. The molecule has 0 amide bonds. The fraction of sp³-hybridized carbons (Fsp3) is 0.400. The predicted molar refractivity (Wildman–Crippen MR) is 50.4 cm³/mol. The molecule has 0 spiro atoms. The highest BCUT2D eigenvalue weighted by atomic mass is 16.5. The molecule has 0 aliphatic rings. The number of benzene rings is 1. The first-order valence-corrected chi connectivity index (χ1v) is 4.17. The third kappa shape index (κ3) is 2.54. The van der Waals surface area contributed by atoms with Gasteiger partial charge >= 0.3 is 0 Å². The van der Waals surface area contributed by atoms with Crippen LogP contribution in [0.25, 0.3) is 0 Å². The largest absolute Gasteiger partial charge is 0.504 e. The number of phenols is 1. The van der Waals surface area contributed by atoms with Gasteiger partial charge in [0.1, 0.15) is 5.75 Å². The summed E-state index contributed by atoms with van der Waals surface area (Å²) in [5, 5.41) is 9.29. The monoisotopic (exact) mass is 182 g/mol. The van der Waals surface area contributed by atoms with Crippen LogP contribution < -0.4 is 9.47 Å². The minimum Gasteiger partial charge on any atom is -0.504 e. The van der Waals surface area contributed by atoms with Gasteiger partial charge in [0, 0.05) is 6.07 Å².